The first-order chi connectivity index (χ1) is 13.1. The summed E-state index contributed by atoms with van der Waals surface area (Å²) in [5, 5.41) is 5.54. The number of anilines is 1. The average molecular weight is 381 g/mol. The molecule has 1 aliphatic rings. The van der Waals surface area contributed by atoms with Crippen molar-refractivity contribution in [1.29, 1.82) is 0 Å². The number of rotatable bonds is 3. The molecule has 3 aromatic carbocycles. The molecular formula is C21H14ClFN2O2. The molecule has 134 valence electrons. The zero-order chi connectivity index (χ0) is 19.0. The highest BCUT2D eigenvalue weighted by atomic mass is 35.5. The molecule has 0 aromatic heterocycles. The quantitative estimate of drug-likeness (QED) is 0.695. The van der Waals surface area contributed by atoms with Gasteiger partial charge in [0, 0.05) is 17.7 Å². The van der Waals surface area contributed by atoms with Crippen LogP contribution in [0.2, 0.25) is 5.02 Å². The molecule has 0 bridgehead atoms. The highest BCUT2D eigenvalue weighted by Crippen LogP contribution is 2.38. The predicted octanol–water partition coefficient (Wildman–Crippen LogP) is 4.64. The summed E-state index contributed by atoms with van der Waals surface area (Å²) >= 11 is 6.12. The van der Waals surface area contributed by atoms with Gasteiger partial charge in [-0.1, -0.05) is 48.0 Å². The van der Waals surface area contributed by atoms with Crippen molar-refractivity contribution < 1.29 is 14.0 Å². The number of carbonyl (C=O) groups is 2. The molecule has 0 unspecified atom stereocenters. The van der Waals surface area contributed by atoms with Crippen LogP contribution in [0.4, 0.5) is 10.1 Å². The summed E-state index contributed by atoms with van der Waals surface area (Å²) in [7, 11) is 0. The lowest BCUT2D eigenvalue weighted by Crippen LogP contribution is -2.17. The molecule has 1 heterocycles. The van der Waals surface area contributed by atoms with Gasteiger partial charge in [-0.2, -0.15) is 0 Å². The molecule has 0 saturated heterocycles. The zero-order valence-corrected chi connectivity index (χ0v) is 14.8. The van der Waals surface area contributed by atoms with E-state index in [1.54, 1.807) is 48.5 Å². The molecule has 4 nitrogen and oxygen atoms in total. The second kappa shape index (κ2) is 6.85. The highest BCUT2D eigenvalue weighted by molar-refractivity contribution is 6.33. The van der Waals surface area contributed by atoms with Gasteiger partial charge in [-0.15, -0.1) is 0 Å². The minimum absolute atomic E-state index is 0.000111. The maximum Gasteiger partial charge on any atom is 0.255 e. The summed E-state index contributed by atoms with van der Waals surface area (Å²) in [5.41, 5.74) is 3.11. The zero-order valence-electron chi connectivity index (χ0n) is 14.1. The van der Waals surface area contributed by atoms with Crippen molar-refractivity contribution in [3.8, 4) is 11.1 Å². The Morgan fingerprint density at radius 2 is 1.78 bits per heavy atom. The van der Waals surface area contributed by atoms with Gasteiger partial charge in [-0.05, 0) is 35.4 Å². The predicted molar refractivity (Wildman–Crippen MR) is 102 cm³/mol. The first-order valence-electron chi connectivity index (χ1n) is 8.31. The van der Waals surface area contributed by atoms with E-state index in [-0.39, 0.29) is 23.4 Å². The lowest BCUT2D eigenvalue weighted by atomic mass is 9.95. The summed E-state index contributed by atoms with van der Waals surface area (Å²) in [6.07, 6.45) is 0. The van der Waals surface area contributed by atoms with Crippen molar-refractivity contribution in [3.05, 3.63) is 88.2 Å². The minimum atomic E-state index is -0.526. The Morgan fingerprint density at radius 1 is 1.00 bits per heavy atom. The Kier molecular flexibility index (Phi) is 4.38. The van der Waals surface area contributed by atoms with Crippen LogP contribution in [0, 0.1) is 5.82 Å². The van der Waals surface area contributed by atoms with Gasteiger partial charge in [0.1, 0.15) is 5.82 Å². The van der Waals surface area contributed by atoms with Gasteiger partial charge in [0.2, 0.25) is 0 Å². The van der Waals surface area contributed by atoms with Gasteiger partial charge >= 0.3 is 0 Å². The topological polar surface area (TPSA) is 58.2 Å². The number of hydrogen-bond donors (Lipinski definition) is 2. The normalized spacial score (nSPS) is 12.4. The Hall–Kier alpha value is -3.18. The van der Waals surface area contributed by atoms with Crippen LogP contribution < -0.4 is 10.6 Å². The molecule has 27 heavy (non-hydrogen) atoms. The lowest BCUT2D eigenvalue weighted by Gasteiger charge is -2.14. The third kappa shape index (κ3) is 3.06. The van der Waals surface area contributed by atoms with Gasteiger partial charge in [-0.3, -0.25) is 9.59 Å². The van der Waals surface area contributed by atoms with Crippen LogP contribution in [0.1, 0.15) is 26.3 Å². The number of benzene rings is 3. The fraction of sp³-hybridized carbons (Fsp3) is 0.0476. The minimum Gasteiger partial charge on any atom is -0.348 e. The van der Waals surface area contributed by atoms with Crippen molar-refractivity contribution in [2.24, 2.45) is 0 Å². The third-order valence-electron chi connectivity index (χ3n) is 4.49. The number of amides is 2. The van der Waals surface area contributed by atoms with E-state index >= 15 is 0 Å². The Bertz CT molecular complexity index is 1070. The van der Waals surface area contributed by atoms with Crippen molar-refractivity contribution in [3.63, 3.8) is 0 Å². The molecule has 0 fully saturated rings. The molecule has 1 aliphatic heterocycles. The van der Waals surface area contributed by atoms with E-state index in [0.717, 1.165) is 0 Å². The maximum atomic E-state index is 13.9. The second-order valence-corrected chi connectivity index (χ2v) is 6.50. The van der Waals surface area contributed by atoms with Crippen molar-refractivity contribution in [2.45, 2.75) is 6.54 Å². The molecular weight excluding hydrogens is 367 g/mol. The summed E-state index contributed by atoms with van der Waals surface area (Å²) in [4.78, 5) is 24.8. The first kappa shape index (κ1) is 17.2. The molecule has 4 rings (SSSR count). The number of nitrogens with one attached hydrogen (secondary N) is 2. The Balaban J connectivity index is 1.78. The van der Waals surface area contributed by atoms with Gasteiger partial charge in [0.05, 0.1) is 16.3 Å². The van der Waals surface area contributed by atoms with Crippen molar-refractivity contribution in [2.75, 3.05) is 5.32 Å². The molecule has 0 atom stereocenters. The number of fused-ring (bicyclic) bond motifs is 1. The van der Waals surface area contributed by atoms with E-state index in [1.165, 1.54) is 6.07 Å². The maximum absolute atomic E-state index is 13.9. The van der Waals surface area contributed by atoms with Crippen molar-refractivity contribution in [1.82, 2.24) is 5.32 Å². The second-order valence-electron chi connectivity index (χ2n) is 6.12. The van der Waals surface area contributed by atoms with Gasteiger partial charge < -0.3 is 10.6 Å². The number of carbonyl (C=O) groups excluding carboxylic acids is 2. The first-order valence-corrected chi connectivity index (χ1v) is 8.69. The van der Waals surface area contributed by atoms with Crippen LogP contribution in [-0.2, 0) is 6.54 Å². The van der Waals surface area contributed by atoms with Crippen LogP contribution in [0.15, 0.2) is 60.7 Å². The number of hydrogen-bond acceptors (Lipinski definition) is 2. The van der Waals surface area contributed by atoms with E-state index < -0.39 is 5.82 Å². The summed E-state index contributed by atoms with van der Waals surface area (Å²) in [6.45, 7) is 0.283. The Labute approximate surface area is 160 Å². The molecule has 3 aromatic rings. The van der Waals surface area contributed by atoms with E-state index in [2.05, 4.69) is 10.6 Å². The van der Waals surface area contributed by atoms with Gasteiger partial charge in [0.15, 0.2) is 0 Å². The van der Waals surface area contributed by atoms with Crippen LogP contribution in [-0.4, -0.2) is 11.8 Å². The van der Waals surface area contributed by atoms with E-state index in [1.807, 2.05) is 6.07 Å². The fourth-order valence-corrected chi connectivity index (χ4v) is 3.43. The molecule has 0 radical (unpaired) electrons. The monoisotopic (exact) mass is 380 g/mol. The number of halogens is 2. The molecule has 2 amide bonds. The molecule has 6 heteroatoms. The molecule has 0 aliphatic carbocycles. The summed E-state index contributed by atoms with van der Waals surface area (Å²) in [5.74, 6) is -1.13. The van der Waals surface area contributed by atoms with Crippen LogP contribution in [0.5, 0.6) is 0 Å². The molecule has 0 spiro atoms. The van der Waals surface area contributed by atoms with E-state index in [4.69, 9.17) is 11.6 Å². The van der Waals surface area contributed by atoms with Crippen LogP contribution in [0.25, 0.3) is 11.1 Å². The molecule has 0 saturated carbocycles. The summed E-state index contributed by atoms with van der Waals surface area (Å²) in [6, 6.07) is 16.7. The summed E-state index contributed by atoms with van der Waals surface area (Å²) < 4.78 is 13.9. The van der Waals surface area contributed by atoms with Gasteiger partial charge in [0.25, 0.3) is 11.8 Å². The van der Waals surface area contributed by atoms with E-state index in [0.29, 0.717) is 33.5 Å². The highest BCUT2D eigenvalue weighted by Gasteiger charge is 2.27. The average Bonchev–Trinajstić information content (AvgIpc) is 3.07. The van der Waals surface area contributed by atoms with Crippen LogP contribution in [0.3, 0.4) is 0 Å². The Morgan fingerprint density at radius 3 is 2.56 bits per heavy atom. The third-order valence-corrected chi connectivity index (χ3v) is 4.88. The van der Waals surface area contributed by atoms with Gasteiger partial charge in [-0.25, -0.2) is 4.39 Å². The van der Waals surface area contributed by atoms with Crippen molar-refractivity contribution >= 4 is 29.1 Å². The molecule has 2 N–H and O–H groups in total. The van der Waals surface area contributed by atoms with Crippen LogP contribution >= 0.6 is 11.6 Å². The SMILES string of the molecule is O=C(Nc1ccc(-c2cccc(F)c2Cl)c2c1C(=O)NC2)c1ccccc1. The smallest absolute Gasteiger partial charge is 0.255 e. The largest absolute Gasteiger partial charge is 0.348 e. The standard InChI is InChI=1S/C21H14ClFN2O2/c22-19-14(7-4-8-16(19)23)13-9-10-17(18-15(13)11-24-21(18)27)25-20(26)12-5-2-1-3-6-12/h1-10H,11H2,(H,24,27)(H,25,26). The van der Waals surface area contributed by atoms with E-state index in [9.17, 15) is 14.0 Å². The fourth-order valence-electron chi connectivity index (χ4n) is 3.20. The lowest BCUT2D eigenvalue weighted by molar-refractivity contribution is 0.0966.